The molecule has 0 aromatic carbocycles. The van der Waals surface area contributed by atoms with Gasteiger partial charge in [-0.1, -0.05) is 50.8 Å². The van der Waals surface area contributed by atoms with Crippen LogP contribution in [-0.2, 0) is 0 Å². The SMILES string of the molecule is C=Cc1cc(C)c2cc(C(C)C)ccc(C)c1-2. The van der Waals surface area contributed by atoms with E-state index < -0.39 is 0 Å². The molecule has 0 saturated heterocycles. The van der Waals surface area contributed by atoms with Crippen molar-refractivity contribution in [2.24, 2.45) is 0 Å². The van der Waals surface area contributed by atoms with Gasteiger partial charge in [-0.05, 0) is 53.1 Å². The third-order valence-electron chi connectivity index (χ3n) is 3.47. The van der Waals surface area contributed by atoms with E-state index in [2.05, 4.69) is 58.5 Å². The summed E-state index contributed by atoms with van der Waals surface area (Å²) in [5.74, 6) is 0.562. The maximum atomic E-state index is 3.91. The van der Waals surface area contributed by atoms with Crippen molar-refractivity contribution in [3.05, 3.63) is 53.1 Å². The maximum absolute atomic E-state index is 3.91. The topological polar surface area (TPSA) is 0 Å². The minimum Gasteiger partial charge on any atom is -0.0984 e. The highest BCUT2D eigenvalue weighted by atomic mass is 14.2. The molecule has 0 bridgehead atoms. The number of rotatable bonds is 2. The van der Waals surface area contributed by atoms with E-state index in [1.807, 2.05) is 6.08 Å². The molecule has 17 heavy (non-hydrogen) atoms. The van der Waals surface area contributed by atoms with Crippen LogP contribution in [0.1, 0.15) is 42.0 Å². The summed E-state index contributed by atoms with van der Waals surface area (Å²) in [6.45, 7) is 12.8. The molecule has 0 heterocycles. The zero-order chi connectivity index (χ0) is 12.6. The Labute approximate surface area is 104 Å². The molecular weight excluding hydrogens is 204 g/mol. The van der Waals surface area contributed by atoms with Gasteiger partial charge in [-0.15, -0.1) is 0 Å². The van der Waals surface area contributed by atoms with Gasteiger partial charge in [0.2, 0.25) is 0 Å². The van der Waals surface area contributed by atoms with Gasteiger partial charge in [-0.25, -0.2) is 0 Å². The fourth-order valence-electron chi connectivity index (χ4n) is 2.40. The monoisotopic (exact) mass is 224 g/mol. The molecule has 2 rings (SSSR count). The van der Waals surface area contributed by atoms with Crippen LogP contribution in [0.15, 0.2) is 30.8 Å². The summed E-state index contributed by atoms with van der Waals surface area (Å²) < 4.78 is 0. The Morgan fingerprint density at radius 1 is 1.06 bits per heavy atom. The molecule has 88 valence electrons. The molecule has 0 aromatic heterocycles. The van der Waals surface area contributed by atoms with Crippen molar-refractivity contribution >= 4 is 6.08 Å². The Morgan fingerprint density at radius 2 is 1.76 bits per heavy atom. The van der Waals surface area contributed by atoms with Crippen molar-refractivity contribution in [2.75, 3.05) is 0 Å². The molecule has 2 aliphatic carbocycles. The normalized spacial score (nSPS) is 11.1. The predicted molar refractivity (Wildman–Crippen MR) is 76.7 cm³/mol. The lowest BCUT2D eigenvalue weighted by molar-refractivity contribution is 0.868. The van der Waals surface area contributed by atoms with Gasteiger partial charge in [0.05, 0.1) is 0 Å². The third-order valence-corrected chi connectivity index (χ3v) is 3.47. The molecule has 0 N–H and O–H groups in total. The quantitative estimate of drug-likeness (QED) is 0.659. The van der Waals surface area contributed by atoms with Crippen LogP contribution in [0, 0.1) is 13.8 Å². The van der Waals surface area contributed by atoms with E-state index in [-0.39, 0.29) is 0 Å². The lowest BCUT2D eigenvalue weighted by atomic mass is 10.0. The van der Waals surface area contributed by atoms with Gasteiger partial charge >= 0.3 is 0 Å². The molecule has 0 aromatic rings. The first-order valence-corrected chi connectivity index (χ1v) is 6.21. The van der Waals surface area contributed by atoms with E-state index in [0.29, 0.717) is 5.92 Å². The zero-order valence-electron chi connectivity index (χ0n) is 11.2. The molecule has 0 amide bonds. The fourth-order valence-corrected chi connectivity index (χ4v) is 2.40. The molecule has 0 atom stereocenters. The van der Waals surface area contributed by atoms with Gasteiger partial charge in [-0.3, -0.25) is 0 Å². The molecule has 2 aliphatic rings. The Hall–Kier alpha value is -1.56. The van der Waals surface area contributed by atoms with Crippen molar-refractivity contribution in [3.63, 3.8) is 0 Å². The second-order valence-corrected chi connectivity index (χ2v) is 5.09. The average molecular weight is 224 g/mol. The average Bonchev–Trinajstić information content (AvgIpc) is 2.48. The van der Waals surface area contributed by atoms with Crippen LogP contribution in [0.2, 0.25) is 0 Å². The van der Waals surface area contributed by atoms with Crippen LogP contribution >= 0.6 is 0 Å². The van der Waals surface area contributed by atoms with Crippen LogP contribution in [0.4, 0.5) is 0 Å². The van der Waals surface area contributed by atoms with Crippen LogP contribution in [0.5, 0.6) is 0 Å². The highest BCUT2D eigenvalue weighted by Gasteiger charge is 2.14. The first-order valence-electron chi connectivity index (χ1n) is 6.21. The summed E-state index contributed by atoms with van der Waals surface area (Å²) in [5.41, 5.74) is 8.04. The zero-order valence-corrected chi connectivity index (χ0v) is 11.2. The first kappa shape index (κ1) is 11.9. The van der Waals surface area contributed by atoms with Crippen molar-refractivity contribution in [1.29, 1.82) is 0 Å². The Morgan fingerprint density at radius 3 is 2.35 bits per heavy atom. The number of hydrogen-bond donors (Lipinski definition) is 0. The highest BCUT2D eigenvalue weighted by molar-refractivity contribution is 5.83. The standard InChI is InChI=1S/C17H20/c1-6-14-9-13(5)16-10-15(11(2)3)8-7-12(4)17(14)16/h6-11H,1H2,2-5H3. The third kappa shape index (κ3) is 2.00. The van der Waals surface area contributed by atoms with Gasteiger partial charge in [0.25, 0.3) is 0 Å². The van der Waals surface area contributed by atoms with E-state index in [4.69, 9.17) is 0 Å². The van der Waals surface area contributed by atoms with Crippen LogP contribution in [0.25, 0.3) is 17.2 Å². The van der Waals surface area contributed by atoms with E-state index in [9.17, 15) is 0 Å². The van der Waals surface area contributed by atoms with Gasteiger partial charge in [0.15, 0.2) is 0 Å². The maximum Gasteiger partial charge on any atom is -0.00795 e. The molecule has 0 saturated carbocycles. The minimum absolute atomic E-state index is 0.562. The van der Waals surface area contributed by atoms with Crippen molar-refractivity contribution in [3.8, 4) is 11.1 Å². The Bertz CT molecular complexity index is 532. The molecule has 0 radical (unpaired) electrons. The van der Waals surface area contributed by atoms with Gasteiger partial charge < -0.3 is 0 Å². The summed E-state index contributed by atoms with van der Waals surface area (Å²) in [6, 6.07) is 9.03. The van der Waals surface area contributed by atoms with E-state index >= 15 is 0 Å². The summed E-state index contributed by atoms with van der Waals surface area (Å²) in [6.07, 6.45) is 1.96. The van der Waals surface area contributed by atoms with Crippen LogP contribution in [-0.4, -0.2) is 0 Å². The smallest absolute Gasteiger partial charge is 0.00795 e. The highest BCUT2D eigenvalue weighted by Crippen LogP contribution is 2.36. The largest absolute Gasteiger partial charge is 0.0984 e. The molecule has 0 spiro atoms. The van der Waals surface area contributed by atoms with Crippen molar-refractivity contribution in [1.82, 2.24) is 0 Å². The van der Waals surface area contributed by atoms with Gasteiger partial charge in [-0.2, -0.15) is 0 Å². The second kappa shape index (κ2) is 4.37. The number of hydrogen-bond acceptors (Lipinski definition) is 0. The Balaban J connectivity index is 2.79. The molecule has 0 unspecified atom stereocenters. The lowest BCUT2D eigenvalue weighted by Crippen LogP contribution is -1.84. The summed E-state index contributed by atoms with van der Waals surface area (Å²) in [5, 5.41) is 0. The molecule has 0 nitrogen and oxygen atoms in total. The summed E-state index contributed by atoms with van der Waals surface area (Å²) in [4.78, 5) is 0. The van der Waals surface area contributed by atoms with Crippen molar-refractivity contribution < 1.29 is 0 Å². The van der Waals surface area contributed by atoms with E-state index in [1.54, 1.807) is 0 Å². The molecule has 0 heteroatoms. The number of aryl methyl sites for hydroxylation is 2. The van der Waals surface area contributed by atoms with Gasteiger partial charge in [0, 0.05) is 0 Å². The summed E-state index contributed by atoms with van der Waals surface area (Å²) >= 11 is 0. The van der Waals surface area contributed by atoms with Crippen molar-refractivity contribution in [2.45, 2.75) is 33.6 Å². The number of fused-ring (bicyclic) bond motifs is 1. The van der Waals surface area contributed by atoms with Gasteiger partial charge in [0.1, 0.15) is 0 Å². The fraction of sp³-hybridized carbons (Fsp3) is 0.294. The van der Waals surface area contributed by atoms with Crippen LogP contribution < -0.4 is 0 Å². The van der Waals surface area contributed by atoms with E-state index in [0.717, 1.165) is 0 Å². The summed E-state index contributed by atoms with van der Waals surface area (Å²) in [7, 11) is 0. The molecular formula is C17H20. The predicted octanol–water partition coefficient (Wildman–Crippen LogP) is 5.17. The van der Waals surface area contributed by atoms with E-state index in [1.165, 1.54) is 33.4 Å². The molecule has 0 aliphatic heterocycles. The van der Waals surface area contributed by atoms with Crippen LogP contribution in [0.3, 0.4) is 0 Å². The Kier molecular flexibility index (Phi) is 3.06. The lowest BCUT2D eigenvalue weighted by Gasteiger charge is -2.04. The minimum atomic E-state index is 0.562. The first-order chi connectivity index (χ1) is 8.04. The second-order valence-electron chi connectivity index (χ2n) is 5.09. The molecule has 0 fully saturated rings.